The summed E-state index contributed by atoms with van der Waals surface area (Å²) in [6.07, 6.45) is 4.69. The van der Waals surface area contributed by atoms with Gasteiger partial charge >= 0.3 is 6.03 Å². The molecule has 100 valence electrons. The molecule has 0 N–H and O–H groups in total. The molecule has 1 aromatic carbocycles. The molecule has 0 saturated carbocycles. The topological polar surface area (TPSA) is 47.4 Å². The number of aryl methyl sites for hydroxylation is 1. The van der Waals surface area contributed by atoms with E-state index < -0.39 is 0 Å². The Balaban J connectivity index is 1.79. The second-order valence-electron chi connectivity index (χ2n) is 4.34. The van der Waals surface area contributed by atoms with Gasteiger partial charge in [0, 0.05) is 19.4 Å². The molecule has 5 heteroatoms. The van der Waals surface area contributed by atoms with Crippen molar-refractivity contribution in [3.8, 4) is 5.75 Å². The second kappa shape index (κ2) is 6.04. The zero-order valence-electron chi connectivity index (χ0n) is 11.1. The number of amides is 1. The first-order valence-corrected chi connectivity index (χ1v) is 6.10. The smallest absolute Gasteiger partial charge is 0.329 e. The third kappa shape index (κ3) is 3.58. The van der Waals surface area contributed by atoms with E-state index in [0.717, 1.165) is 5.75 Å². The van der Waals surface area contributed by atoms with Crippen LogP contribution in [0.2, 0.25) is 0 Å². The highest BCUT2D eigenvalue weighted by Gasteiger charge is 2.09. The van der Waals surface area contributed by atoms with Crippen LogP contribution in [-0.2, 0) is 0 Å². The van der Waals surface area contributed by atoms with Gasteiger partial charge in [-0.1, -0.05) is 17.7 Å². The van der Waals surface area contributed by atoms with Crippen LogP contribution in [-0.4, -0.2) is 40.7 Å². The minimum absolute atomic E-state index is 0.120. The maximum Gasteiger partial charge on any atom is 0.329 e. The van der Waals surface area contributed by atoms with E-state index in [0.29, 0.717) is 13.2 Å². The summed E-state index contributed by atoms with van der Waals surface area (Å²) < 4.78 is 7.02. The summed E-state index contributed by atoms with van der Waals surface area (Å²) in [4.78, 5) is 17.3. The number of ether oxygens (including phenoxy) is 1. The SMILES string of the molecule is Cc1ccc(OCCN(C)C(=O)n2ccnc2)cc1. The van der Waals surface area contributed by atoms with Crippen LogP contribution >= 0.6 is 0 Å². The molecule has 0 aliphatic rings. The fraction of sp³-hybridized carbons (Fsp3) is 0.286. The molecule has 1 aromatic heterocycles. The normalized spacial score (nSPS) is 10.2. The average Bonchev–Trinajstić information content (AvgIpc) is 2.94. The van der Waals surface area contributed by atoms with Gasteiger partial charge in [-0.25, -0.2) is 9.78 Å². The van der Waals surface area contributed by atoms with E-state index in [-0.39, 0.29) is 6.03 Å². The highest BCUT2D eigenvalue weighted by atomic mass is 16.5. The minimum Gasteiger partial charge on any atom is -0.492 e. The molecule has 0 spiro atoms. The first-order chi connectivity index (χ1) is 9.16. The molecule has 2 aromatic rings. The lowest BCUT2D eigenvalue weighted by Crippen LogP contribution is -2.33. The number of hydrogen-bond acceptors (Lipinski definition) is 3. The quantitative estimate of drug-likeness (QED) is 0.845. The van der Waals surface area contributed by atoms with Crippen molar-refractivity contribution in [2.75, 3.05) is 20.2 Å². The highest BCUT2D eigenvalue weighted by Crippen LogP contribution is 2.11. The number of benzene rings is 1. The number of carbonyl (C=O) groups excluding carboxylic acids is 1. The van der Waals surface area contributed by atoms with Crippen molar-refractivity contribution in [3.63, 3.8) is 0 Å². The van der Waals surface area contributed by atoms with Crippen LogP contribution in [0, 0.1) is 6.92 Å². The van der Waals surface area contributed by atoms with Crippen molar-refractivity contribution >= 4 is 6.03 Å². The number of rotatable bonds is 4. The number of imidazole rings is 1. The van der Waals surface area contributed by atoms with Crippen molar-refractivity contribution in [1.82, 2.24) is 14.5 Å². The molecule has 1 heterocycles. The number of hydrogen-bond donors (Lipinski definition) is 0. The molecule has 5 nitrogen and oxygen atoms in total. The van der Waals surface area contributed by atoms with Crippen LogP contribution in [0.3, 0.4) is 0 Å². The molecule has 0 unspecified atom stereocenters. The Morgan fingerprint density at radius 2 is 2.11 bits per heavy atom. The van der Waals surface area contributed by atoms with Gasteiger partial charge in [-0.2, -0.15) is 0 Å². The van der Waals surface area contributed by atoms with Crippen molar-refractivity contribution in [2.24, 2.45) is 0 Å². The highest BCUT2D eigenvalue weighted by molar-refractivity contribution is 5.76. The Hall–Kier alpha value is -2.30. The number of carbonyl (C=O) groups is 1. The molecule has 0 radical (unpaired) electrons. The molecule has 0 fully saturated rings. The third-order valence-corrected chi connectivity index (χ3v) is 2.77. The molecule has 0 aliphatic carbocycles. The average molecular weight is 259 g/mol. The number of nitrogens with zero attached hydrogens (tertiary/aromatic N) is 3. The zero-order valence-corrected chi connectivity index (χ0v) is 11.1. The molecule has 1 amide bonds. The van der Waals surface area contributed by atoms with Gasteiger partial charge in [-0.05, 0) is 19.1 Å². The van der Waals surface area contributed by atoms with E-state index in [4.69, 9.17) is 4.74 Å². The monoisotopic (exact) mass is 259 g/mol. The molecular formula is C14H17N3O2. The summed E-state index contributed by atoms with van der Waals surface area (Å²) in [6, 6.07) is 7.72. The maximum atomic E-state index is 11.9. The fourth-order valence-corrected chi connectivity index (χ4v) is 1.60. The van der Waals surface area contributed by atoms with Crippen LogP contribution in [0.4, 0.5) is 4.79 Å². The van der Waals surface area contributed by atoms with E-state index in [1.807, 2.05) is 31.2 Å². The van der Waals surface area contributed by atoms with Gasteiger partial charge in [0.15, 0.2) is 0 Å². The van der Waals surface area contributed by atoms with Crippen LogP contribution in [0.15, 0.2) is 43.0 Å². The van der Waals surface area contributed by atoms with Crippen molar-refractivity contribution in [2.45, 2.75) is 6.92 Å². The van der Waals surface area contributed by atoms with Crippen molar-refractivity contribution < 1.29 is 9.53 Å². The predicted molar refractivity (Wildman–Crippen MR) is 72.3 cm³/mol. The zero-order chi connectivity index (χ0) is 13.7. The van der Waals surface area contributed by atoms with Gasteiger partial charge in [0.05, 0.1) is 6.54 Å². The van der Waals surface area contributed by atoms with Gasteiger partial charge < -0.3 is 9.64 Å². The summed E-state index contributed by atoms with van der Waals surface area (Å²) in [6.45, 7) is 3.01. The summed E-state index contributed by atoms with van der Waals surface area (Å²) in [7, 11) is 1.74. The van der Waals surface area contributed by atoms with Crippen LogP contribution in [0.5, 0.6) is 5.75 Å². The molecular weight excluding hydrogens is 242 g/mol. The largest absolute Gasteiger partial charge is 0.492 e. The first-order valence-electron chi connectivity index (χ1n) is 6.10. The number of aromatic nitrogens is 2. The Bertz CT molecular complexity index is 520. The summed E-state index contributed by atoms with van der Waals surface area (Å²) >= 11 is 0. The minimum atomic E-state index is -0.120. The molecule has 19 heavy (non-hydrogen) atoms. The summed E-state index contributed by atoms with van der Waals surface area (Å²) in [5, 5.41) is 0. The lowest BCUT2D eigenvalue weighted by molar-refractivity contribution is 0.197. The molecule has 0 saturated heterocycles. The van der Waals surface area contributed by atoms with Gasteiger partial charge in [0.2, 0.25) is 0 Å². The van der Waals surface area contributed by atoms with Crippen molar-refractivity contribution in [1.29, 1.82) is 0 Å². The second-order valence-corrected chi connectivity index (χ2v) is 4.34. The standard InChI is InChI=1S/C14H17N3O2/c1-12-3-5-13(6-4-12)19-10-9-16(2)14(18)17-8-7-15-11-17/h3-8,11H,9-10H2,1-2H3. The van der Waals surface area contributed by atoms with Crippen LogP contribution in [0.1, 0.15) is 5.56 Å². The lowest BCUT2D eigenvalue weighted by atomic mass is 10.2. The maximum absolute atomic E-state index is 11.9. The molecule has 0 bridgehead atoms. The van der Waals surface area contributed by atoms with E-state index >= 15 is 0 Å². The van der Waals surface area contributed by atoms with E-state index in [2.05, 4.69) is 4.98 Å². The van der Waals surface area contributed by atoms with Gasteiger partial charge in [-0.3, -0.25) is 4.57 Å². The van der Waals surface area contributed by atoms with Crippen molar-refractivity contribution in [3.05, 3.63) is 48.5 Å². The lowest BCUT2D eigenvalue weighted by Gasteiger charge is -2.17. The Kier molecular flexibility index (Phi) is 4.18. The van der Waals surface area contributed by atoms with Crippen LogP contribution in [0.25, 0.3) is 0 Å². The Labute approximate surface area is 112 Å². The molecule has 0 aliphatic heterocycles. The predicted octanol–water partition coefficient (Wildman–Crippen LogP) is 2.17. The summed E-state index contributed by atoms with van der Waals surface area (Å²) in [5.41, 5.74) is 1.19. The third-order valence-electron chi connectivity index (χ3n) is 2.77. The fourth-order valence-electron chi connectivity index (χ4n) is 1.60. The van der Waals surface area contributed by atoms with E-state index in [1.54, 1.807) is 24.3 Å². The summed E-state index contributed by atoms with van der Waals surface area (Å²) in [5.74, 6) is 0.814. The van der Waals surface area contributed by atoms with Gasteiger partial charge in [-0.15, -0.1) is 0 Å². The Morgan fingerprint density at radius 1 is 1.37 bits per heavy atom. The molecule has 0 atom stereocenters. The van der Waals surface area contributed by atoms with Gasteiger partial charge in [0.25, 0.3) is 0 Å². The van der Waals surface area contributed by atoms with E-state index in [9.17, 15) is 4.79 Å². The van der Waals surface area contributed by atoms with E-state index in [1.165, 1.54) is 16.5 Å². The van der Waals surface area contributed by atoms with Gasteiger partial charge in [0.1, 0.15) is 18.7 Å². The van der Waals surface area contributed by atoms with Crippen LogP contribution < -0.4 is 4.74 Å². The number of likely N-dealkylation sites (N-methyl/N-ethyl adjacent to an activating group) is 1. The first kappa shape index (κ1) is 13.1. The molecule has 2 rings (SSSR count). The Morgan fingerprint density at radius 3 is 2.74 bits per heavy atom.